The van der Waals surface area contributed by atoms with Gasteiger partial charge in [-0.15, -0.1) is 0 Å². The molecule has 160 valence electrons. The van der Waals surface area contributed by atoms with E-state index in [4.69, 9.17) is 21.7 Å². The molecule has 0 radical (unpaired) electrons. The number of carbonyl (C=O) groups is 1. The molecule has 7 heteroatoms. The summed E-state index contributed by atoms with van der Waals surface area (Å²) in [5.41, 5.74) is 1.11. The van der Waals surface area contributed by atoms with Gasteiger partial charge in [0.1, 0.15) is 14.9 Å². The van der Waals surface area contributed by atoms with Crippen molar-refractivity contribution >= 4 is 6.09 Å². The van der Waals surface area contributed by atoms with Gasteiger partial charge in [0.05, 0.1) is 0 Å². The predicted molar refractivity (Wildman–Crippen MR) is 111 cm³/mol. The van der Waals surface area contributed by atoms with Crippen LogP contribution in [0.5, 0.6) is 17.4 Å². The third kappa shape index (κ3) is 4.78. The maximum Gasteiger partial charge on any atom is 0.410 e. The van der Waals surface area contributed by atoms with Crippen LogP contribution < -0.4 is 14.2 Å². The molecule has 0 bridgehead atoms. The molecule has 30 heavy (non-hydrogen) atoms. The minimum atomic E-state index is -2.18. The second-order valence-electron chi connectivity index (χ2n) is 8.46. The zero-order valence-electron chi connectivity index (χ0n) is 19.5. The third-order valence-electron chi connectivity index (χ3n) is 5.04. The van der Waals surface area contributed by atoms with E-state index < -0.39 is 12.3 Å². The van der Waals surface area contributed by atoms with E-state index in [0.29, 0.717) is 36.0 Å². The number of aromatic nitrogens is 1. The lowest BCUT2D eigenvalue weighted by Gasteiger charge is -2.33. The van der Waals surface area contributed by atoms with Gasteiger partial charge in [0.25, 0.3) is 0 Å². The summed E-state index contributed by atoms with van der Waals surface area (Å²) in [5, 5.41) is 0. The van der Waals surface area contributed by atoms with E-state index in [1.165, 1.54) is 0 Å². The fraction of sp³-hybridized carbons (Fsp3) is 0.478. The van der Waals surface area contributed by atoms with Gasteiger partial charge in [0.2, 0.25) is 12.6 Å². The first-order valence-electron chi connectivity index (χ1n) is 11.2. The molecule has 1 aromatic carbocycles. The first-order chi connectivity index (χ1) is 15.1. The number of amides is 1. The number of para-hydroxylation sites is 1. The van der Waals surface area contributed by atoms with E-state index in [1.54, 1.807) is 29.2 Å². The molecule has 0 spiro atoms. The zero-order chi connectivity index (χ0) is 22.9. The van der Waals surface area contributed by atoms with Crippen LogP contribution in [0.3, 0.4) is 0 Å². The standard InChI is InChI=1S/C23H28N2O5/c1-23(2,3)30-22(26)25-12-10-16(11-13-25)18-7-5-9-20(24-18)27-14-17-6-4-8-19-21(17)29-15-28-19/h4-9,16H,10-15H2,1-3H3/i15D2. The summed E-state index contributed by atoms with van der Waals surface area (Å²) >= 11 is 0. The average Bonchev–Trinajstić information content (AvgIpc) is 3.06. The molecular formula is C23H28N2O5. The van der Waals surface area contributed by atoms with Crippen molar-refractivity contribution in [2.24, 2.45) is 0 Å². The third-order valence-corrected chi connectivity index (χ3v) is 5.04. The number of hydrogen-bond acceptors (Lipinski definition) is 6. The Labute approximate surface area is 179 Å². The maximum atomic E-state index is 12.3. The van der Waals surface area contributed by atoms with Gasteiger partial charge in [-0.1, -0.05) is 18.2 Å². The highest BCUT2D eigenvalue weighted by Crippen LogP contribution is 2.36. The van der Waals surface area contributed by atoms with Crippen molar-refractivity contribution in [1.29, 1.82) is 0 Å². The van der Waals surface area contributed by atoms with Gasteiger partial charge in [-0.2, -0.15) is 0 Å². The second-order valence-corrected chi connectivity index (χ2v) is 8.46. The quantitative estimate of drug-likeness (QED) is 0.733. The number of rotatable bonds is 4. The fourth-order valence-corrected chi connectivity index (χ4v) is 3.55. The summed E-state index contributed by atoms with van der Waals surface area (Å²) in [4.78, 5) is 18.7. The minimum Gasteiger partial charge on any atom is -0.473 e. The van der Waals surface area contributed by atoms with Gasteiger partial charge < -0.3 is 23.8 Å². The van der Waals surface area contributed by atoms with Gasteiger partial charge >= 0.3 is 6.09 Å². The highest BCUT2D eigenvalue weighted by molar-refractivity contribution is 5.68. The molecule has 1 saturated heterocycles. The molecule has 0 N–H and O–H groups in total. The lowest BCUT2D eigenvalue weighted by atomic mass is 9.93. The number of likely N-dealkylation sites (tertiary alicyclic amines) is 1. The first-order valence-corrected chi connectivity index (χ1v) is 10.2. The number of pyridine rings is 1. The Balaban J connectivity index is 1.36. The van der Waals surface area contributed by atoms with Crippen molar-refractivity contribution in [1.82, 2.24) is 9.88 Å². The number of ether oxygens (including phenoxy) is 4. The van der Waals surface area contributed by atoms with E-state index in [-0.39, 0.29) is 18.6 Å². The lowest BCUT2D eigenvalue weighted by Crippen LogP contribution is -2.41. The van der Waals surface area contributed by atoms with Crippen LogP contribution in [-0.2, 0) is 11.3 Å². The summed E-state index contributed by atoms with van der Waals surface area (Å²) in [6.07, 6.45) is 1.34. The first kappa shape index (κ1) is 17.9. The van der Waals surface area contributed by atoms with Crippen LogP contribution >= 0.6 is 0 Å². The van der Waals surface area contributed by atoms with Crippen LogP contribution in [0, 0.1) is 0 Å². The minimum absolute atomic E-state index is 0.177. The Morgan fingerprint density at radius 2 is 1.97 bits per heavy atom. The Hall–Kier alpha value is -2.96. The maximum absolute atomic E-state index is 12.3. The molecule has 1 aromatic heterocycles. The monoisotopic (exact) mass is 414 g/mol. The van der Waals surface area contributed by atoms with Crippen LogP contribution in [0.2, 0.25) is 0 Å². The predicted octanol–water partition coefficient (Wildman–Crippen LogP) is 4.50. The molecule has 1 fully saturated rings. The van der Waals surface area contributed by atoms with E-state index in [0.717, 1.165) is 18.5 Å². The van der Waals surface area contributed by atoms with Crippen molar-refractivity contribution in [3.63, 3.8) is 0 Å². The molecule has 7 nitrogen and oxygen atoms in total. The number of hydrogen-bond donors (Lipinski definition) is 0. The lowest BCUT2D eigenvalue weighted by molar-refractivity contribution is 0.0204. The topological polar surface area (TPSA) is 70.1 Å². The normalized spacial score (nSPS) is 19.1. The summed E-state index contributed by atoms with van der Waals surface area (Å²) in [5.74, 6) is 1.43. The van der Waals surface area contributed by atoms with Crippen LogP contribution in [0.4, 0.5) is 4.79 Å². The largest absolute Gasteiger partial charge is 0.473 e. The van der Waals surface area contributed by atoms with Crippen LogP contribution in [0.15, 0.2) is 36.4 Å². The number of carbonyl (C=O) groups excluding carboxylic acids is 1. The molecular weight excluding hydrogens is 384 g/mol. The smallest absolute Gasteiger partial charge is 0.410 e. The van der Waals surface area contributed by atoms with Gasteiger partial charge in [-0.3, -0.25) is 0 Å². The molecule has 0 unspecified atom stereocenters. The highest BCUT2D eigenvalue weighted by Gasteiger charge is 2.28. The van der Waals surface area contributed by atoms with Crippen molar-refractivity contribution in [3.05, 3.63) is 47.7 Å². The van der Waals surface area contributed by atoms with Crippen molar-refractivity contribution in [2.75, 3.05) is 19.8 Å². The van der Waals surface area contributed by atoms with Crippen molar-refractivity contribution in [2.45, 2.75) is 51.7 Å². The van der Waals surface area contributed by atoms with E-state index in [9.17, 15) is 4.79 Å². The molecule has 0 aliphatic carbocycles. The van der Waals surface area contributed by atoms with Crippen molar-refractivity contribution < 1.29 is 26.5 Å². The molecule has 2 aromatic rings. The van der Waals surface area contributed by atoms with E-state index in [1.807, 2.05) is 32.9 Å². The van der Waals surface area contributed by atoms with Crippen LogP contribution in [0.25, 0.3) is 0 Å². The van der Waals surface area contributed by atoms with Gasteiger partial charge in [-0.05, 0) is 45.7 Å². The summed E-state index contributed by atoms with van der Waals surface area (Å²) in [6.45, 7) is 4.86. The summed E-state index contributed by atoms with van der Waals surface area (Å²) < 4.78 is 37.0. The summed E-state index contributed by atoms with van der Waals surface area (Å²) in [6, 6.07) is 10.9. The van der Waals surface area contributed by atoms with Gasteiger partial charge in [0.15, 0.2) is 11.5 Å². The molecule has 2 aliphatic rings. The second kappa shape index (κ2) is 8.42. The molecule has 0 saturated carbocycles. The SMILES string of the molecule is [2H]C1([2H])Oc2cccc(COc3cccc(C4CCN(C(=O)OC(C)(C)C)CC4)n3)c2O1. The van der Waals surface area contributed by atoms with E-state index >= 15 is 0 Å². The molecule has 4 rings (SSSR count). The Kier molecular flexibility index (Phi) is 5.01. The number of fused-ring (bicyclic) bond motifs is 1. The Bertz CT molecular complexity index is 985. The number of piperidine rings is 1. The highest BCUT2D eigenvalue weighted by atomic mass is 16.7. The summed E-state index contributed by atoms with van der Waals surface area (Å²) in [7, 11) is 0. The van der Waals surface area contributed by atoms with Gasteiger partial charge in [0, 0.05) is 36.3 Å². The van der Waals surface area contributed by atoms with E-state index in [2.05, 4.69) is 4.98 Å². The molecule has 2 aliphatic heterocycles. The van der Waals surface area contributed by atoms with Crippen LogP contribution in [-0.4, -0.2) is 41.4 Å². The number of nitrogens with zero attached hydrogens (tertiary/aromatic N) is 2. The molecule has 3 heterocycles. The Morgan fingerprint density at radius 3 is 2.73 bits per heavy atom. The van der Waals surface area contributed by atoms with Crippen molar-refractivity contribution in [3.8, 4) is 17.4 Å². The molecule has 0 atom stereocenters. The van der Waals surface area contributed by atoms with Crippen LogP contribution in [0.1, 0.15) is 53.5 Å². The number of benzene rings is 1. The fourth-order valence-electron chi connectivity index (χ4n) is 3.55. The molecule has 1 amide bonds. The Morgan fingerprint density at radius 1 is 1.20 bits per heavy atom. The average molecular weight is 414 g/mol. The zero-order valence-corrected chi connectivity index (χ0v) is 17.5. The van der Waals surface area contributed by atoms with Gasteiger partial charge in [-0.25, -0.2) is 9.78 Å².